The molecule has 4 nitrogen and oxygen atoms in total. The first-order valence-electron chi connectivity index (χ1n) is 6.64. The molecule has 0 spiro atoms. The van der Waals surface area contributed by atoms with E-state index < -0.39 is 11.8 Å². The van der Waals surface area contributed by atoms with Gasteiger partial charge in [0.05, 0.1) is 6.04 Å². The standard InChI is InChI=1S/C16H22N2O2/c1-6-7-17-15(19)16(20)18-13(5)14-9-11(3)10(2)8-12(14)4/h6,8-9,13H,1,7H2,2-5H3,(H,17,19)(H,18,20). The second-order valence-corrected chi connectivity index (χ2v) is 4.99. The molecule has 2 amide bonds. The lowest BCUT2D eigenvalue weighted by atomic mass is 9.96. The minimum absolute atomic E-state index is 0.212. The lowest BCUT2D eigenvalue weighted by Gasteiger charge is -2.18. The van der Waals surface area contributed by atoms with E-state index in [-0.39, 0.29) is 12.6 Å². The van der Waals surface area contributed by atoms with Gasteiger partial charge in [-0.05, 0) is 49.9 Å². The molecule has 0 bridgehead atoms. The van der Waals surface area contributed by atoms with E-state index in [1.54, 1.807) is 0 Å². The van der Waals surface area contributed by atoms with E-state index in [2.05, 4.69) is 36.3 Å². The SMILES string of the molecule is C=CCNC(=O)C(=O)NC(C)c1cc(C)c(C)cc1C. The van der Waals surface area contributed by atoms with Crippen LogP contribution >= 0.6 is 0 Å². The molecule has 2 N–H and O–H groups in total. The zero-order valence-electron chi connectivity index (χ0n) is 12.5. The molecule has 0 aromatic heterocycles. The smallest absolute Gasteiger partial charge is 0.309 e. The topological polar surface area (TPSA) is 58.2 Å². The van der Waals surface area contributed by atoms with Crippen molar-refractivity contribution in [2.24, 2.45) is 0 Å². The molecule has 0 heterocycles. The van der Waals surface area contributed by atoms with E-state index in [0.717, 1.165) is 11.1 Å². The molecule has 0 aliphatic rings. The van der Waals surface area contributed by atoms with Crippen molar-refractivity contribution in [1.29, 1.82) is 0 Å². The van der Waals surface area contributed by atoms with Gasteiger partial charge in [0.2, 0.25) is 0 Å². The predicted octanol–water partition coefficient (Wildman–Crippen LogP) is 2.09. The molecule has 0 saturated heterocycles. The van der Waals surface area contributed by atoms with Gasteiger partial charge in [0.15, 0.2) is 0 Å². The largest absolute Gasteiger partial charge is 0.344 e. The summed E-state index contributed by atoms with van der Waals surface area (Å²) in [4.78, 5) is 23.2. The summed E-state index contributed by atoms with van der Waals surface area (Å²) in [6.07, 6.45) is 1.53. The number of rotatable bonds is 4. The lowest BCUT2D eigenvalue weighted by molar-refractivity contribution is -0.139. The first-order chi connectivity index (χ1) is 9.36. The maximum Gasteiger partial charge on any atom is 0.309 e. The number of carbonyl (C=O) groups is 2. The molecular formula is C16H22N2O2. The van der Waals surface area contributed by atoms with Gasteiger partial charge in [-0.25, -0.2) is 0 Å². The highest BCUT2D eigenvalue weighted by molar-refractivity contribution is 6.35. The van der Waals surface area contributed by atoms with Crippen molar-refractivity contribution in [2.75, 3.05) is 6.54 Å². The normalized spacial score (nSPS) is 11.6. The van der Waals surface area contributed by atoms with Crippen molar-refractivity contribution in [1.82, 2.24) is 10.6 Å². The van der Waals surface area contributed by atoms with Gasteiger partial charge in [0, 0.05) is 6.54 Å². The van der Waals surface area contributed by atoms with Crippen LogP contribution in [-0.4, -0.2) is 18.4 Å². The summed E-state index contributed by atoms with van der Waals surface area (Å²) < 4.78 is 0. The van der Waals surface area contributed by atoms with E-state index in [1.165, 1.54) is 17.2 Å². The van der Waals surface area contributed by atoms with Gasteiger partial charge >= 0.3 is 11.8 Å². The van der Waals surface area contributed by atoms with Gasteiger partial charge in [-0.1, -0.05) is 18.2 Å². The Kier molecular flexibility index (Phi) is 5.50. The Morgan fingerprint density at radius 3 is 2.35 bits per heavy atom. The molecule has 1 atom stereocenters. The Labute approximate surface area is 120 Å². The third kappa shape index (κ3) is 3.95. The molecule has 0 aliphatic heterocycles. The first-order valence-corrected chi connectivity index (χ1v) is 6.64. The van der Waals surface area contributed by atoms with Crippen molar-refractivity contribution in [3.05, 3.63) is 47.0 Å². The van der Waals surface area contributed by atoms with Crippen LogP contribution < -0.4 is 10.6 Å². The summed E-state index contributed by atoms with van der Waals surface area (Å²) in [6.45, 7) is 11.7. The van der Waals surface area contributed by atoms with Crippen LogP contribution in [0.5, 0.6) is 0 Å². The van der Waals surface area contributed by atoms with Gasteiger partial charge in [0.25, 0.3) is 0 Å². The van der Waals surface area contributed by atoms with E-state index in [4.69, 9.17) is 0 Å². The molecule has 0 aliphatic carbocycles. The maximum atomic E-state index is 11.7. The minimum Gasteiger partial charge on any atom is -0.344 e. The van der Waals surface area contributed by atoms with Gasteiger partial charge in [-0.2, -0.15) is 0 Å². The Bertz CT molecular complexity index is 536. The zero-order valence-corrected chi connectivity index (χ0v) is 12.5. The van der Waals surface area contributed by atoms with E-state index in [9.17, 15) is 9.59 Å². The number of amides is 2. The molecular weight excluding hydrogens is 252 g/mol. The fourth-order valence-electron chi connectivity index (χ4n) is 2.03. The Hall–Kier alpha value is -2.10. The van der Waals surface area contributed by atoms with E-state index >= 15 is 0 Å². The minimum atomic E-state index is -0.641. The Morgan fingerprint density at radius 2 is 1.75 bits per heavy atom. The fourth-order valence-corrected chi connectivity index (χ4v) is 2.03. The highest BCUT2D eigenvalue weighted by Gasteiger charge is 2.17. The van der Waals surface area contributed by atoms with Gasteiger partial charge < -0.3 is 10.6 Å². The average molecular weight is 274 g/mol. The zero-order chi connectivity index (χ0) is 15.3. The van der Waals surface area contributed by atoms with Crippen LogP contribution in [-0.2, 0) is 9.59 Å². The van der Waals surface area contributed by atoms with E-state index in [0.29, 0.717) is 0 Å². The van der Waals surface area contributed by atoms with Gasteiger partial charge in [-0.15, -0.1) is 6.58 Å². The average Bonchev–Trinajstić information content (AvgIpc) is 2.39. The van der Waals surface area contributed by atoms with Crippen molar-refractivity contribution in [3.8, 4) is 0 Å². The van der Waals surface area contributed by atoms with Crippen LogP contribution in [0.25, 0.3) is 0 Å². The number of nitrogens with one attached hydrogen (secondary N) is 2. The van der Waals surface area contributed by atoms with Crippen LogP contribution in [0.4, 0.5) is 0 Å². The molecule has 1 unspecified atom stereocenters. The third-order valence-electron chi connectivity index (χ3n) is 3.31. The fraction of sp³-hybridized carbons (Fsp3) is 0.375. The molecule has 4 heteroatoms. The predicted molar refractivity (Wildman–Crippen MR) is 80.4 cm³/mol. The van der Waals surface area contributed by atoms with Crippen LogP contribution in [0.3, 0.4) is 0 Å². The second kappa shape index (κ2) is 6.89. The first kappa shape index (κ1) is 16.0. The molecule has 0 saturated carbocycles. The number of hydrogen-bond acceptors (Lipinski definition) is 2. The number of aryl methyl sites for hydroxylation is 3. The van der Waals surface area contributed by atoms with Crippen LogP contribution in [0, 0.1) is 20.8 Å². The van der Waals surface area contributed by atoms with Crippen molar-refractivity contribution in [2.45, 2.75) is 33.7 Å². The van der Waals surface area contributed by atoms with Gasteiger partial charge in [0.1, 0.15) is 0 Å². The highest BCUT2D eigenvalue weighted by Crippen LogP contribution is 2.21. The molecule has 108 valence electrons. The van der Waals surface area contributed by atoms with Crippen LogP contribution in [0.1, 0.15) is 35.2 Å². The molecule has 1 aromatic rings. The summed E-state index contributed by atoms with van der Waals surface area (Å²) in [5.41, 5.74) is 4.52. The Morgan fingerprint density at radius 1 is 1.15 bits per heavy atom. The van der Waals surface area contributed by atoms with Crippen LogP contribution in [0.2, 0.25) is 0 Å². The summed E-state index contributed by atoms with van der Waals surface area (Å²) in [6, 6.07) is 3.93. The Balaban J connectivity index is 2.78. The lowest BCUT2D eigenvalue weighted by Crippen LogP contribution is -2.41. The summed E-state index contributed by atoms with van der Waals surface area (Å²) >= 11 is 0. The van der Waals surface area contributed by atoms with Gasteiger partial charge in [-0.3, -0.25) is 9.59 Å². The monoisotopic (exact) mass is 274 g/mol. The third-order valence-corrected chi connectivity index (χ3v) is 3.31. The van der Waals surface area contributed by atoms with Crippen molar-refractivity contribution < 1.29 is 9.59 Å². The van der Waals surface area contributed by atoms with Crippen molar-refractivity contribution >= 4 is 11.8 Å². The van der Waals surface area contributed by atoms with Crippen molar-refractivity contribution in [3.63, 3.8) is 0 Å². The van der Waals surface area contributed by atoms with Crippen LogP contribution in [0.15, 0.2) is 24.8 Å². The summed E-state index contributed by atoms with van der Waals surface area (Å²) in [5.74, 6) is -1.27. The quantitative estimate of drug-likeness (QED) is 0.652. The number of benzene rings is 1. The molecule has 1 aromatic carbocycles. The number of hydrogen-bond donors (Lipinski definition) is 2. The second-order valence-electron chi connectivity index (χ2n) is 4.99. The highest BCUT2D eigenvalue weighted by atomic mass is 16.2. The molecule has 1 rings (SSSR count). The summed E-state index contributed by atoms with van der Waals surface area (Å²) in [7, 11) is 0. The molecule has 0 radical (unpaired) electrons. The summed E-state index contributed by atoms with van der Waals surface area (Å²) in [5, 5.41) is 5.16. The molecule has 0 fully saturated rings. The van der Waals surface area contributed by atoms with E-state index in [1.807, 2.05) is 20.8 Å². The maximum absolute atomic E-state index is 11.7. The molecule has 20 heavy (non-hydrogen) atoms. The number of carbonyl (C=O) groups excluding carboxylic acids is 2.